The maximum Gasteiger partial charge on any atom is 0.291 e. The number of aliphatic hydroxyl groups excluding tert-OH is 1. The van der Waals surface area contributed by atoms with Crippen LogP contribution in [-0.2, 0) is 13.0 Å². The summed E-state index contributed by atoms with van der Waals surface area (Å²) in [6.45, 7) is 3.84. The minimum atomic E-state index is -0.329. The van der Waals surface area contributed by atoms with Gasteiger partial charge in [0.25, 0.3) is 5.91 Å². The van der Waals surface area contributed by atoms with Crippen LogP contribution in [0.25, 0.3) is 0 Å². The smallest absolute Gasteiger partial charge is 0.291 e. The maximum absolute atomic E-state index is 13.1. The second-order valence-corrected chi connectivity index (χ2v) is 7.58. The molecule has 0 saturated carbocycles. The highest BCUT2D eigenvalue weighted by atomic mass is 35.5. The molecule has 3 aliphatic rings. The van der Waals surface area contributed by atoms with E-state index >= 15 is 0 Å². The number of fused-ring (bicyclic) bond motifs is 1. The molecule has 2 saturated heterocycles. The molecule has 0 aliphatic carbocycles. The lowest BCUT2D eigenvalue weighted by Crippen LogP contribution is -2.59. The Kier molecular flexibility index (Phi) is 5.65. The van der Waals surface area contributed by atoms with Crippen molar-refractivity contribution in [2.75, 3.05) is 26.2 Å². The van der Waals surface area contributed by atoms with E-state index in [-0.39, 0.29) is 29.8 Å². The van der Waals surface area contributed by atoms with Crippen molar-refractivity contribution in [3.63, 3.8) is 0 Å². The SMILES string of the molecule is Cl.O=C(c1nnc2n1CCCCC2)N1CCC[C@]2(CNCC[C@@H]2O)C1. The van der Waals surface area contributed by atoms with E-state index in [1.807, 2.05) is 9.47 Å². The van der Waals surface area contributed by atoms with Gasteiger partial charge in [-0.1, -0.05) is 6.42 Å². The van der Waals surface area contributed by atoms with Crippen LogP contribution in [0.5, 0.6) is 0 Å². The number of aryl methyl sites for hydroxylation is 1. The lowest BCUT2D eigenvalue weighted by Gasteiger charge is -2.48. The number of rotatable bonds is 1. The Balaban J connectivity index is 0.00000182. The number of nitrogens with zero attached hydrogens (tertiary/aromatic N) is 4. The number of nitrogens with one attached hydrogen (secondary N) is 1. The number of aliphatic hydroxyl groups is 1. The van der Waals surface area contributed by atoms with E-state index in [4.69, 9.17) is 0 Å². The zero-order chi connectivity index (χ0) is 16.6. The van der Waals surface area contributed by atoms with E-state index < -0.39 is 0 Å². The first-order valence-electron chi connectivity index (χ1n) is 9.30. The van der Waals surface area contributed by atoms with Crippen molar-refractivity contribution < 1.29 is 9.90 Å². The van der Waals surface area contributed by atoms with Crippen molar-refractivity contribution in [2.45, 2.75) is 57.6 Å². The standard InChI is InChI=1S/C17H27N5O2.ClH/c23-13-6-8-18-11-17(13)7-4-9-21(12-17)16(24)15-20-19-14-5-2-1-3-10-22(14)15;/h13,18,23H,1-12H2;1H/t13-,17-;/m0./s1. The molecule has 0 unspecified atom stereocenters. The second-order valence-electron chi connectivity index (χ2n) is 7.58. The van der Waals surface area contributed by atoms with Gasteiger partial charge in [-0.25, -0.2) is 0 Å². The summed E-state index contributed by atoms with van der Waals surface area (Å²) in [6, 6.07) is 0. The Morgan fingerprint density at radius 2 is 2.08 bits per heavy atom. The van der Waals surface area contributed by atoms with E-state index in [1.165, 1.54) is 6.42 Å². The van der Waals surface area contributed by atoms with Gasteiger partial charge in [0.05, 0.1) is 6.10 Å². The summed E-state index contributed by atoms with van der Waals surface area (Å²) >= 11 is 0. The molecule has 4 rings (SSSR count). The molecule has 0 aromatic carbocycles. The summed E-state index contributed by atoms with van der Waals surface area (Å²) in [6.07, 6.45) is 6.64. The van der Waals surface area contributed by atoms with Gasteiger partial charge in [0.15, 0.2) is 0 Å². The molecule has 2 fully saturated rings. The van der Waals surface area contributed by atoms with E-state index in [0.717, 1.165) is 70.5 Å². The minimum absolute atomic E-state index is 0. The van der Waals surface area contributed by atoms with Crippen LogP contribution in [0.2, 0.25) is 0 Å². The third-order valence-corrected chi connectivity index (χ3v) is 5.97. The highest BCUT2D eigenvalue weighted by molar-refractivity contribution is 5.91. The molecule has 140 valence electrons. The van der Waals surface area contributed by atoms with Crippen LogP contribution < -0.4 is 5.32 Å². The van der Waals surface area contributed by atoms with Crippen LogP contribution in [0.4, 0.5) is 0 Å². The Bertz CT molecular complexity index is 618. The largest absolute Gasteiger partial charge is 0.392 e. The number of hydrogen-bond donors (Lipinski definition) is 2. The molecule has 1 amide bonds. The number of piperidine rings is 2. The molecule has 4 heterocycles. The predicted octanol–water partition coefficient (Wildman–Crippen LogP) is 1.00. The Labute approximate surface area is 154 Å². The Hall–Kier alpha value is -1.18. The van der Waals surface area contributed by atoms with Crippen LogP contribution in [0, 0.1) is 5.41 Å². The molecule has 0 radical (unpaired) electrons. The van der Waals surface area contributed by atoms with Crippen LogP contribution in [0.15, 0.2) is 0 Å². The summed E-state index contributed by atoms with van der Waals surface area (Å²) < 4.78 is 2.02. The number of halogens is 1. The quantitative estimate of drug-likeness (QED) is 0.771. The van der Waals surface area contributed by atoms with Gasteiger partial charge in [0.2, 0.25) is 5.82 Å². The summed E-state index contributed by atoms with van der Waals surface area (Å²) in [5.74, 6) is 1.41. The zero-order valence-corrected chi connectivity index (χ0v) is 15.4. The molecule has 0 bridgehead atoms. The van der Waals surface area contributed by atoms with Crippen molar-refractivity contribution in [3.8, 4) is 0 Å². The van der Waals surface area contributed by atoms with Crippen molar-refractivity contribution in [1.82, 2.24) is 25.0 Å². The summed E-state index contributed by atoms with van der Waals surface area (Å²) in [4.78, 5) is 15.0. The van der Waals surface area contributed by atoms with Gasteiger partial charge in [-0.2, -0.15) is 0 Å². The van der Waals surface area contributed by atoms with E-state index in [2.05, 4.69) is 15.5 Å². The summed E-state index contributed by atoms with van der Waals surface area (Å²) in [5.41, 5.74) is -0.201. The molecule has 3 aliphatic heterocycles. The fourth-order valence-electron chi connectivity index (χ4n) is 4.53. The molecule has 25 heavy (non-hydrogen) atoms. The van der Waals surface area contributed by atoms with Gasteiger partial charge >= 0.3 is 0 Å². The van der Waals surface area contributed by atoms with Crippen molar-refractivity contribution in [2.24, 2.45) is 5.41 Å². The van der Waals surface area contributed by atoms with Crippen LogP contribution in [0.3, 0.4) is 0 Å². The third-order valence-electron chi connectivity index (χ3n) is 5.97. The minimum Gasteiger partial charge on any atom is -0.392 e. The lowest BCUT2D eigenvalue weighted by atomic mass is 9.72. The van der Waals surface area contributed by atoms with Crippen LogP contribution in [-0.4, -0.2) is 63.0 Å². The first kappa shape index (κ1) is 18.6. The van der Waals surface area contributed by atoms with Gasteiger partial charge < -0.3 is 19.9 Å². The second kappa shape index (κ2) is 7.60. The highest BCUT2D eigenvalue weighted by Gasteiger charge is 2.44. The number of carbonyl (C=O) groups is 1. The monoisotopic (exact) mass is 369 g/mol. The van der Waals surface area contributed by atoms with Gasteiger partial charge in [-0.05, 0) is 38.6 Å². The van der Waals surface area contributed by atoms with Crippen molar-refractivity contribution in [3.05, 3.63) is 11.6 Å². The topological polar surface area (TPSA) is 83.3 Å². The van der Waals surface area contributed by atoms with E-state index in [0.29, 0.717) is 12.4 Å². The number of amides is 1. The van der Waals surface area contributed by atoms with E-state index in [1.54, 1.807) is 0 Å². The molecule has 8 heteroatoms. The normalized spacial score (nSPS) is 29.6. The average molecular weight is 370 g/mol. The molecule has 1 aromatic rings. The van der Waals surface area contributed by atoms with Crippen LogP contribution in [0.1, 0.15) is 55.0 Å². The lowest BCUT2D eigenvalue weighted by molar-refractivity contribution is -0.0436. The first-order chi connectivity index (χ1) is 11.7. The summed E-state index contributed by atoms with van der Waals surface area (Å²) in [5, 5.41) is 22.4. The molecule has 2 N–H and O–H groups in total. The number of likely N-dealkylation sites (tertiary alicyclic amines) is 1. The molecular weight excluding hydrogens is 342 g/mol. The number of aromatic nitrogens is 3. The van der Waals surface area contributed by atoms with Crippen molar-refractivity contribution in [1.29, 1.82) is 0 Å². The van der Waals surface area contributed by atoms with E-state index in [9.17, 15) is 9.90 Å². The molecule has 1 spiro atoms. The Morgan fingerprint density at radius 1 is 1.20 bits per heavy atom. The third kappa shape index (κ3) is 3.41. The van der Waals surface area contributed by atoms with Gasteiger partial charge in [-0.15, -0.1) is 22.6 Å². The highest BCUT2D eigenvalue weighted by Crippen LogP contribution is 2.36. The predicted molar refractivity (Wildman–Crippen MR) is 95.9 cm³/mol. The first-order valence-corrected chi connectivity index (χ1v) is 9.30. The fraction of sp³-hybridized carbons (Fsp3) is 0.824. The average Bonchev–Trinajstić information content (AvgIpc) is 2.85. The molecular formula is C17H28ClN5O2. The molecule has 7 nitrogen and oxygen atoms in total. The van der Waals surface area contributed by atoms with Gasteiger partial charge in [0.1, 0.15) is 5.82 Å². The van der Waals surface area contributed by atoms with Gasteiger partial charge in [-0.3, -0.25) is 4.79 Å². The number of hydrogen-bond acceptors (Lipinski definition) is 5. The molecule has 2 atom stereocenters. The van der Waals surface area contributed by atoms with Gasteiger partial charge in [0, 0.05) is 38.0 Å². The zero-order valence-electron chi connectivity index (χ0n) is 14.6. The fourth-order valence-corrected chi connectivity index (χ4v) is 4.53. The molecule has 1 aromatic heterocycles. The number of carbonyl (C=O) groups excluding carboxylic acids is 1. The summed E-state index contributed by atoms with van der Waals surface area (Å²) in [7, 11) is 0. The van der Waals surface area contributed by atoms with Crippen LogP contribution >= 0.6 is 12.4 Å². The Morgan fingerprint density at radius 3 is 2.92 bits per heavy atom. The van der Waals surface area contributed by atoms with Crippen molar-refractivity contribution >= 4 is 18.3 Å². The maximum atomic E-state index is 13.1.